The molecule has 8 heteroatoms. The highest BCUT2D eigenvalue weighted by molar-refractivity contribution is 6.02. The third kappa shape index (κ3) is 4.45. The second-order valence-corrected chi connectivity index (χ2v) is 8.71. The van der Waals surface area contributed by atoms with Crippen LogP contribution in [0, 0.1) is 13.8 Å². The first-order valence-electron chi connectivity index (χ1n) is 11.7. The maximum atomic E-state index is 12.8. The van der Waals surface area contributed by atoms with Gasteiger partial charge in [-0.05, 0) is 44.0 Å². The number of aryl methyl sites for hydroxylation is 2. The van der Waals surface area contributed by atoms with Crippen molar-refractivity contribution in [2.75, 3.05) is 6.61 Å². The number of ether oxygens (including phenoxy) is 1. The Hall–Kier alpha value is -4.46. The summed E-state index contributed by atoms with van der Waals surface area (Å²) in [6.07, 6.45) is 2.13. The minimum absolute atomic E-state index is 0.0746. The third-order valence-corrected chi connectivity index (χ3v) is 6.36. The number of rotatable bonds is 8. The van der Waals surface area contributed by atoms with Gasteiger partial charge in [-0.15, -0.1) is 0 Å². The van der Waals surface area contributed by atoms with Crippen molar-refractivity contribution < 1.29 is 18.7 Å². The molecule has 0 bridgehead atoms. The quantitative estimate of drug-likeness (QED) is 0.242. The number of ketones is 1. The largest absolute Gasteiger partial charge is 0.456 e. The summed E-state index contributed by atoms with van der Waals surface area (Å²) in [5.74, 6) is -0.999. The molecule has 0 atom stereocenters. The number of carbonyl (C=O) groups excluding carboxylic acids is 2. The van der Waals surface area contributed by atoms with Crippen molar-refractivity contribution >= 4 is 33.8 Å². The number of Topliss-reactive ketones (excluding diaryl/α,β-unsaturated/α-hetero) is 1. The van der Waals surface area contributed by atoms with E-state index < -0.39 is 18.1 Å². The van der Waals surface area contributed by atoms with Gasteiger partial charge in [0.1, 0.15) is 17.6 Å². The molecule has 0 radical (unpaired) electrons. The Bertz CT molecular complexity index is 1640. The molecule has 0 saturated heterocycles. The summed E-state index contributed by atoms with van der Waals surface area (Å²) in [6.45, 7) is 3.81. The Morgan fingerprint density at radius 3 is 2.58 bits per heavy atom. The van der Waals surface area contributed by atoms with Crippen LogP contribution in [0.1, 0.15) is 27.3 Å². The monoisotopic (exact) mass is 483 g/mol. The molecule has 0 aliphatic rings. The lowest BCUT2D eigenvalue weighted by Crippen LogP contribution is -2.26. The van der Waals surface area contributed by atoms with E-state index in [1.54, 1.807) is 12.1 Å². The van der Waals surface area contributed by atoms with Gasteiger partial charge < -0.3 is 13.7 Å². The van der Waals surface area contributed by atoms with E-state index in [2.05, 4.69) is 21.7 Å². The third-order valence-electron chi connectivity index (χ3n) is 6.36. The van der Waals surface area contributed by atoms with Crippen LogP contribution in [0.4, 0.5) is 0 Å². The predicted molar refractivity (Wildman–Crippen MR) is 135 cm³/mol. The summed E-state index contributed by atoms with van der Waals surface area (Å²) >= 11 is 0. The van der Waals surface area contributed by atoms with Gasteiger partial charge in [0.05, 0.1) is 6.33 Å². The van der Waals surface area contributed by atoms with Gasteiger partial charge in [0.15, 0.2) is 6.61 Å². The molecule has 182 valence electrons. The number of esters is 1. The molecule has 3 heterocycles. The average molecular weight is 484 g/mol. The molecular formula is C28H25N3O5. The number of carbonyl (C=O) groups is 2. The van der Waals surface area contributed by atoms with Crippen molar-refractivity contribution in [2.45, 2.75) is 33.4 Å². The number of fused-ring (bicyclic) bond motifs is 3. The highest BCUT2D eigenvalue weighted by Crippen LogP contribution is 2.24. The van der Waals surface area contributed by atoms with E-state index in [1.807, 2.05) is 50.2 Å². The van der Waals surface area contributed by atoms with Crippen molar-refractivity contribution in [3.8, 4) is 0 Å². The van der Waals surface area contributed by atoms with Crippen LogP contribution >= 0.6 is 0 Å². The molecule has 2 aromatic carbocycles. The molecular weight excluding hydrogens is 458 g/mol. The lowest BCUT2D eigenvalue weighted by molar-refractivity contribution is -0.143. The van der Waals surface area contributed by atoms with Crippen molar-refractivity contribution in [1.29, 1.82) is 0 Å². The van der Waals surface area contributed by atoms with E-state index in [0.717, 1.165) is 34.3 Å². The van der Waals surface area contributed by atoms with Gasteiger partial charge in [-0.3, -0.25) is 19.0 Å². The topological polar surface area (TPSA) is 96.3 Å². The van der Waals surface area contributed by atoms with Gasteiger partial charge in [-0.2, -0.15) is 0 Å². The minimum Gasteiger partial charge on any atom is -0.456 e. The van der Waals surface area contributed by atoms with Crippen LogP contribution in [0.5, 0.6) is 0 Å². The van der Waals surface area contributed by atoms with Crippen LogP contribution in [0.2, 0.25) is 0 Å². The molecule has 3 aromatic heterocycles. The maximum absolute atomic E-state index is 12.8. The first-order chi connectivity index (χ1) is 17.4. The summed E-state index contributed by atoms with van der Waals surface area (Å²) in [5.41, 5.74) is 4.12. The summed E-state index contributed by atoms with van der Waals surface area (Å²) in [5, 5.41) is 0.728. The Labute approximate surface area is 206 Å². The molecule has 0 amide bonds. The molecule has 0 aliphatic carbocycles. The number of furan rings is 1. The van der Waals surface area contributed by atoms with Gasteiger partial charge in [0.25, 0.3) is 5.56 Å². The van der Waals surface area contributed by atoms with Crippen LogP contribution in [0.3, 0.4) is 0 Å². The lowest BCUT2D eigenvalue weighted by Gasteiger charge is -2.10. The van der Waals surface area contributed by atoms with Gasteiger partial charge in [-0.1, -0.05) is 42.5 Å². The molecule has 0 fully saturated rings. The van der Waals surface area contributed by atoms with Gasteiger partial charge in [0.2, 0.25) is 11.4 Å². The highest BCUT2D eigenvalue weighted by Gasteiger charge is 2.19. The Balaban J connectivity index is 1.24. The molecule has 0 saturated carbocycles. The molecule has 0 spiro atoms. The molecule has 5 rings (SSSR count). The standard InChI is InChI=1S/C28H25N3O5/c1-18-14-22(19(2)31(18)13-12-20-8-4-3-5-9-20)23(32)16-35-25(33)15-30-17-29-26-21-10-6-7-11-24(21)36-27(26)28(30)34/h3-11,14,17H,12-13,15-16H2,1-2H3. The number of para-hydroxylation sites is 1. The molecule has 5 aromatic rings. The summed E-state index contributed by atoms with van der Waals surface area (Å²) in [6, 6.07) is 19.2. The fraction of sp³-hybridized carbons (Fsp3) is 0.214. The highest BCUT2D eigenvalue weighted by atomic mass is 16.5. The smallest absolute Gasteiger partial charge is 0.326 e. The van der Waals surface area contributed by atoms with Crippen molar-refractivity contribution in [3.63, 3.8) is 0 Å². The summed E-state index contributed by atoms with van der Waals surface area (Å²) < 4.78 is 14.0. The molecule has 36 heavy (non-hydrogen) atoms. The Morgan fingerprint density at radius 1 is 1.03 bits per heavy atom. The van der Waals surface area contributed by atoms with Crippen LogP contribution in [0.15, 0.2) is 76.2 Å². The zero-order chi connectivity index (χ0) is 25.2. The number of nitrogens with zero attached hydrogens (tertiary/aromatic N) is 3. The fourth-order valence-corrected chi connectivity index (χ4v) is 4.45. The van der Waals surface area contributed by atoms with Crippen molar-refractivity contribution in [1.82, 2.24) is 14.1 Å². The number of benzene rings is 2. The first kappa shape index (κ1) is 23.3. The first-order valence-corrected chi connectivity index (χ1v) is 11.7. The summed E-state index contributed by atoms with van der Waals surface area (Å²) in [7, 11) is 0. The molecule has 0 aliphatic heterocycles. The summed E-state index contributed by atoms with van der Waals surface area (Å²) in [4.78, 5) is 42.3. The zero-order valence-electron chi connectivity index (χ0n) is 20.1. The predicted octanol–water partition coefficient (Wildman–Crippen LogP) is 4.23. The van der Waals surface area contributed by atoms with Crippen LogP contribution < -0.4 is 5.56 Å². The van der Waals surface area contributed by atoms with Gasteiger partial charge in [-0.25, -0.2) is 4.98 Å². The van der Waals surface area contributed by atoms with E-state index in [0.29, 0.717) is 16.7 Å². The van der Waals surface area contributed by atoms with Crippen LogP contribution in [0.25, 0.3) is 22.1 Å². The molecule has 8 nitrogen and oxygen atoms in total. The number of hydrogen-bond acceptors (Lipinski definition) is 6. The van der Waals surface area contributed by atoms with E-state index in [4.69, 9.17) is 9.15 Å². The number of aromatic nitrogens is 3. The zero-order valence-corrected chi connectivity index (χ0v) is 20.1. The maximum Gasteiger partial charge on any atom is 0.326 e. The SMILES string of the molecule is Cc1cc(C(=O)COC(=O)Cn2cnc3c(oc4ccccc43)c2=O)c(C)n1CCc1ccccc1. The lowest BCUT2D eigenvalue weighted by atomic mass is 10.1. The van der Waals surface area contributed by atoms with E-state index in [9.17, 15) is 14.4 Å². The Morgan fingerprint density at radius 2 is 1.78 bits per heavy atom. The van der Waals surface area contributed by atoms with Crippen molar-refractivity contribution in [2.24, 2.45) is 0 Å². The molecule has 0 unspecified atom stereocenters. The van der Waals surface area contributed by atoms with E-state index in [1.165, 1.54) is 11.9 Å². The normalized spacial score (nSPS) is 11.3. The second-order valence-electron chi connectivity index (χ2n) is 8.71. The van der Waals surface area contributed by atoms with Crippen molar-refractivity contribution in [3.05, 3.63) is 99.9 Å². The Kier molecular flexibility index (Phi) is 6.25. The molecule has 0 N–H and O–H groups in total. The second kappa shape index (κ2) is 9.65. The fourth-order valence-electron chi connectivity index (χ4n) is 4.45. The minimum atomic E-state index is -0.708. The van der Waals surface area contributed by atoms with E-state index in [-0.39, 0.29) is 17.9 Å². The van der Waals surface area contributed by atoms with Crippen LogP contribution in [-0.2, 0) is 29.0 Å². The van der Waals surface area contributed by atoms with Gasteiger partial charge >= 0.3 is 5.97 Å². The number of hydrogen-bond donors (Lipinski definition) is 0. The van der Waals surface area contributed by atoms with E-state index >= 15 is 0 Å². The average Bonchev–Trinajstić information content (AvgIpc) is 3.41. The van der Waals surface area contributed by atoms with Crippen LogP contribution in [-0.4, -0.2) is 32.5 Å². The van der Waals surface area contributed by atoms with Gasteiger partial charge in [0, 0.05) is 28.9 Å².